The van der Waals surface area contributed by atoms with Crippen LogP contribution in [0.4, 0.5) is 0 Å². The minimum Gasteiger partial charge on any atom is -0.479 e. The number of rotatable bonds is 3. The maximum Gasteiger partial charge on any atom is 0.263 e. The second-order valence-corrected chi connectivity index (χ2v) is 6.81. The Kier molecular flexibility index (Phi) is 6.18. The Morgan fingerprint density at radius 2 is 2.09 bits per heavy atom. The Morgan fingerprint density at radius 3 is 2.87 bits per heavy atom. The van der Waals surface area contributed by atoms with Crippen molar-refractivity contribution in [3.8, 4) is 5.75 Å². The Labute approximate surface area is 148 Å². The zero-order chi connectivity index (χ0) is 15.7. The molecule has 3 unspecified atom stereocenters. The van der Waals surface area contributed by atoms with Crippen LogP contribution in [0.2, 0.25) is 5.02 Å². The van der Waals surface area contributed by atoms with Gasteiger partial charge < -0.3 is 15.0 Å². The van der Waals surface area contributed by atoms with Crippen LogP contribution in [0.1, 0.15) is 31.7 Å². The Morgan fingerprint density at radius 1 is 1.35 bits per heavy atom. The van der Waals surface area contributed by atoms with Gasteiger partial charge in [0.15, 0.2) is 6.10 Å². The SMILES string of the molecule is Cc1ccc(Cl)c(OC(C)C(=O)N2CCC3CCC(C2)N3)c1.Cl. The fraction of sp³-hybridized carbons (Fsp3) is 0.588. The average Bonchev–Trinajstić information content (AvgIpc) is 2.81. The van der Waals surface area contributed by atoms with Crippen LogP contribution in [0.25, 0.3) is 0 Å². The number of hydrogen-bond acceptors (Lipinski definition) is 3. The molecule has 0 aromatic heterocycles. The van der Waals surface area contributed by atoms with Gasteiger partial charge in [0.1, 0.15) is 5.75 Å². The second-order valence-electron chi connectivity index (χ2n) is 6.40. The molecular formula is C17H24Cl2N2O2. The van der Waals surface area contributed by atoms with E-state index in [-0.39, 0.29) is 18.3 Å². The third-order valence-corrected chi connectivity index (χ3v) is 4.89. The van der Waals surface area contributed by atoms with Crippen LogP contribution in [0.3, 0.4) is 0 Å². The summed E-state index contributed by atoms with van der Waals surface area (Å²) in [7, 11) is 0. The molecule has 0 saturated carbocycles. The van der Waals surface area contributed by atoms with E-state index in [0.717, 1.165) is 31.5 Å². The van der Waals surface area contributed by atoms with Crippen molar-refractivity contribution < 1.29 is 9.53 Å². The second kappa shape index (κ2) is 7.73. The van der Waals surface area contributed by atoms with Crippen LogP contribution < -0.4 is 10.1 Å². The van der Waals surface area contributed by atoms with E-state index in [0.29, 0.717) is 22.9 Å². The molecule has 0 radical (unpaired) electrons. The summed E-state index contributed by atoms with van der Waals surface area (Å²) < 4.78 is 5.82. The van der Waals surface area contributed by atoms with Crippen molar-refractivity contribution >= 4 is 29.9 Å². The highest BCUT2D eigenvalue weighted by molar-refractivity contribution is 6.32. The number of aryl methyl sites for hydroxylation is 1. The molecule has 2 bridgehead atoms. The van der Waals surface area contributed by atoms with Crippen LogP contribution in [0.5, 0.6) is 5.75 Å². The molecule has 0 spiro atoms. The first-order valence-corrected chi connectivity index (χ1v) is 8.38. The molecule has 3 atom stereocenters. The van der Waals surface area contributed by atoms with Crippen LogP contribution >= 0.6 is 24.0 Å². The van der Waals surface area contributed by atoms with E-state index >= 15 is 0 Å². The molecule has 128 valence electrons. The number of benzene rings is 1. The maximum absolute atomic E-state index is 12.7. The molecule has 1 N–H and O–H groups in total. The van der Waals surface area contributed by atoms with Crippen LogP contribution in [0.15, 0.2) is 18.2 Å². The highest BCUT2D eigenvalue weighted by atomic mass is 35.5. The third kappa shape index (κ3) is 4.31. The first-order chi connectivity index (χ1) is 10.5. The van der Waals surface area contributed by atoms with Gasteiger partial charge in [-0.25, -0.2) is 0 Å². The molecule has 4 nitrogen and oxygen atoms in total. The molecule has 2 heterocycles. The zero-order valence-electron chi connectivity index (χ0n) is 13.5. The first kappa shape index (κ1) is 18.4. The van der Waals surface area contributed by atoms with E-state index in [1.807, 2.05) is 24.0 Å². The molecule has 2 fully saturated rings. The summed E-state index contributed by atoms with van der Waals surface area (Å²) in [6.45, 7) is 5.37. The number of ether oxygens (including phenoxy) is 1. The van der Waals surface area contributed by atoms with Crippen molar-refractivity contribution in [3.63, 3.8) is 0 Å². The van der Waals surface area contributed by atoms with Crippen molar-refractivity contribution in [1.29, 1.82) is 0 Å². The lowest BCUT2D eigenvalue weighted by Crippen LogP contribution is -2.44. The van der Waals surface area contributed by atoms with Gasteiger partial charge in [-0.2, -0.15) is 0 Å². The zero-order valence-corrected chi connectivity index (χ0v) is 15.1. The molecule has 6 heteroatoms. The van der Waals surface area contributed by atoms with Gasteiger partial charge in [-0.15, -0.1) is 12.4 Å². The lowest BCUT2D eigenvalue weighted by Gasteiger charge is -2.27. The summed E-state index contributed by atoms with van der Waals surface area (Å²) in [4.78, 5) is 14.6. The fourth-order valence-corrected chi connectivity index (χ4v) is 3.50. The molecule has 2 aliphatic rings. The predicted octanol–water partition coefficient (Wildman–Crippen LogP) is 3.19. The van der Waals surface area contributed by atoms with Crippen molar-refractivity contribution in [3.05, 3.63) is 28.8 Å². The smallest absolute Gasteiger partial charge is 0.263 e. The lowest BCUT2D eigenvalue weighted by molar-refractivity contribution is -0.138. The van der Waals surface area contributed by atoms with Crippen molar-refractivity contribution in [2.75, 3.05) is 13.1 Å². The summed E-state index contributed by atoms with van der Waals surface area (Å²) >= 11 is 6.15. The minimum absolute atomic E-state index is 0. The summed E-state index contributed by atoms with van der Waals surface area (Å²) in [5, 5.41) is 4.13. The number of carbonyl (C=O) groups excluding carboxylic acids is 1. The Balaban J connectivity index is 0.00000192. The minimum atomic E-state index is -0.518. The molecule has 2 saturated heterocycles. The number of nitrogens with one attached hydrogen (secondary N) is 1. The van der Waals surface area contributed by atoms with Gasteiger partial charge in [0.2, 0.25) is 0 Å². The molecule has 1 aromatic carbocycles. The van der Waals surface area contributed by atoms with Crippen molar-refractivity contribution in [2.45, 2.75) is 51.3 Å². The largest absolute Gasteiger partial charge is 0.479 e. The van der Waals surface area contributed by atoms with E-state index in [4.69, 9.17) is 16.3 Å². The molecular weight excluding hydrogens is 335 g/mol. The topological polar surface area (TPSA) is 41.6 Å². The quantitative estimate of drug-likeness (QED) is 0.901. The number of amides is 1. The molecule has 2 aliphatic heterocycles. The van der Waals surface area contributed by atoms with Crippen LogP contribution in [-0.2, 0) is 4.79 Å². The van der Waals surface area contributed by atoms with Gasteiger partial charge in [0, 0.05) is 25.2 Å². The number of carbonyl (C=O) groups is 1. The Bertz CT molecular complexity index is 568. The number of likely N-dealkylation sites (tertiary alicyclic amines) is 1. The van der Waals surface area contributed by atoms with E-state index in [1.165, 1.54) is 6.42 Å². The third-order valence-electron chi connectivity index (χ3n) is 4.57. The molecule has 1 aromatic rings. The van der Waals surface area contributed by atoms with Gasteiger partial charge in [-0.05, 0) is 50.8 Å². The van der Waals surface area contributed by atoms with E-state index in [2.05, 4.69) is 5.32 Å². The first-order valence-electron chi connectivity index (χ1n) is 8.00. The van der Waals surface area contributed by atoms with Crippen molar-refractivity contribution in [1.82, 2.24) is 10.2 Å². The standard InChI is InChI=1S/C17H23ClN2O2.ClH/c1-11-3-6-15(18)16(9-11)22-12(2)17(21)20-8-7-13-4-5-14(10-20)19-13;/h3,6,9,12-14,19H,4-5,7-8,10H2,1-2H3;1H. The van der Waals surface area contributed by atoms with Crippen LogP contribution in [-0.4, -0.2) is 42.1 Å². The molecule has 0 aliphatic carbocycles. The highest BCUT2D eigenvalue weighted by Crippen LogP contribution is 2.27. The van der Waals surface area contributed by atoms with E-state index < -0.39 is 6.10 Å². The van der Waals surface area contributed by atoms with Gasteiger partial charge in [-0.3, -0.25) is 4.79 Å². The molecule has 1 amide bonds. The van der Waals surface area contributed by atoms with Crippen LogP contribution in [0, 0.1) is 6.92 Å². The fourth-order valence-electron chi connectivity index (χ4n) is 3.34. The summed E-state index contributed by atoms with van der Waals surface area (Å²) in [6.07, 6.45) is 2.90. The summed E-state index contributed by atoms with van der Waals surface area (Å²) in [6, 6.07) is 6.62. The maximum atomic E-state index is 12.7. The van der Waals surface area contributed by atoms with Crippen molar-refractivity contribution in [2.24, 2.45) is 0 Å². The summed E-state index contributed by atoms with van der Waals surface area (Å²) in [5.74, 6) is 0.629. The highest BCUT2D eigenvalue weighted by Gasteiger charge is 2.33. The molecule has 23 heavy (non-hydrogen) atoms. The van der Waals surface area contributed by atoms with Gasteiger partial charge in [0.25, 0.3) is 5.91 Å². The Hall–Kier alpha value is -0.970. The van der Waals surface area contributed by atoms with E-state index in [1.54, 1.807) is 13.0 Å². The average molecular weight is 359 g/mol. The molecule has 3 rings (SSSR count). The summed E-state index contributed by atoms with van der Waals surface area (Å²) in [5.41, 5.74) is 1.07. The number of nitrogens with zero attached hydrogens (tertiary/aromatic N) is 1. The number of halogens is 2. The normalized spacial score (nSPS) is 24.6. The monoisotopic (exact) mass is 358 g/mol. The van der Waals surface area contributed by atoms with Gasteiger partial charge in [-0.1, -0.05) is 17.7 Å². The predicted molar refractivity (Wildman–Crippen MR) is 94.7 cm³/mol. The van der Waals surface area contributed by atoms with E-state index in [9.17, 15) is 4.79 Å². The van der Waals surface area contributed by atoms with Gasteiger partial charge >= 0.3 is 0 Å². The van der Waals surface area contributed by atoms with Gasteiger partial charge in [0.05, 0.1) is 5.02 Å². The lowest BCUT2D eigenvalue weighted by atomic mass is 10.1. The number of fused-ring (bicyclic) bond motifs is 2. The number of hydrogen-bond donors (Lipinski definition) is 1.